The number of carbonyl (C=O) groups is 2. The van der Waals surface area contributed by atoms with Crippen molar-refractivity contribution in [3.8, 4) is 0 Å². The molecule has 1 aromatic rings. The van der Waals surface area contributed by atoms with Crippen molar-refractivity contribution in [1.82, 2.24) is 5.32 Å². The number of rotatable bonds is 0. The molecule has 0 aromatic heterocycles. The first-order valence-corrected chi connectivity index (χ1v) is 3.65. The SMILES string of the molecule is Cc1ccc2c(c1)C(=O)NC2=O. The first-order valence-electron chi connectivity index (χ1n) is 3.65. The Morgan fingerprint density at radius 1 is 1.08 bits per heavy atom. The molecule has 1 N–H and O–H groups in total. The summed E-state index contributed by atoms with van der Waals surface area (Å²) in [6.07, 6.45) is 0. The van der Waals surface area contributed by atoms with Crippen LogP contribution in [0.5, 0.6) is 0 Å². The molecule has 3 nitrogen and oxygen atoms in total. The van der Waals surface area contributed by atoms with E-state index in [1.54, 1.807) is 12.1 Å². The molecular formula is C9H7NO2. The van der Waals surface area contributed by atoms with E-state index >= 15 is 0 Å². The zero-order valence-electron chi connectivity index (χ0n) is 6.55. The Morgan fingerprint density at radius 2 is 1.75 bits per heavy atom. The number of hydrogen-bond donors (Lipinski definition) is 1. The van der Waals surface area contributed by atoms with Crippen LogP contribution in [0.15, 0.2) is 18.2 Å². The van der Waals surface area contributed by atoms with Crippen LogP contribution in [0.4, 0.5) is 0 Å². The van der Waals surface area contributed by atoms with Crippen LogP contribution in [0, 0.1) is 6.92 Å². The Balaban J connectivity index is 2.68. The van der Waals surface area contributed by atoms with E-state index in [2.05, 4.69) is 5.32 Å². The van der Waals surface area contributed by atoms with E-state index in [1.165, 1.54) is 0 Å². The van der Waals surface area contributed by atoms with Gasteiger partial charge in [-0.1, -0.05) is 11.6 Å². The molecule has 1 aliphatic heterocycles. The van der Waals surface area contributed by atoms with Gasteiger partial charge in [0.15, 0.2) is 0 Å². The van der Waals surface area contributed by atoms with Gasteiger partial charge in [-0.2, -0.15) is 0 Å². The molecule has 2 rings (SSSR count). The summed E-state index contributed by atoms with van der Waals surface area (Å²) in [6.45, 7) is 1.89. The van der Waals surface area contributed by atoms with Crippen molar-refractivity contribution in [2.75, 3.05) is 0 Å². The van der Waals surface area contributed by atoms with Gasteiger partial charge in [0.1, 0.15) is 0 Å². The normalized spacial score (nSPS) is 14.4. The Labute approximate surface area is 69.4 Å². The first-order chi connectivity index (χ1) is 5.68. The van der Waals surface area contributed by atoms with Crippen molar-refractivity contribution in [1.29, 1.82) is 0 Å². The molecule has 0 spiro atoms. The van der Waals surface area contributed by atoms with Gasteiger partial charge in [-0.25, -0.2) is 0 Å². The third-order valence-electron chi connectivity index (χ3n) is 1.89. The van der Waals surface area contributed by atoms with Gasteiger partial charge < -0.3 is 0 Å². The molecular weight excluding hydrogens is 154 g/mol. The van der Waals surface area contributed by atoms with Crippen molar-refractivity contribution >= 4 is 11.8 Å². The summed E-state index contributed by atoms with van der Waals surface area (Å²) in [5.41, 5.74) is 1.95. The Morgan fingerprint density at radius 3 is 2.50 bits per heavy atom. The molecule has 0 saturated carbocycles. The molecule has 12 heavy (non-hydrogen) atoms. The highest BCUT2D eigenvalue weighted by atomic mass is 16.2. The van der Waals surface area contributed by atoms with Crippen LogP contribution < -0.4 is 5.32 Å². The maximum absolute atomic E-state index is 11.1. The van der Waals surface area contributed by atoms with Crippen LogP contribution in [0.1, 0.15) is 26.3 Å². The molecule has 0 fully saturated rings. The van der Waals surface area contributed by atoms with Crippen molar-refractivity contribution in [2.24, 2.45) is 0 Å². The second-order valence-corrected chi connectivity index (χ2v) is 2.83. The summed E-state index contributed by atoms with van der Waals surface area (Å²) in [4.78, 5) is 22.2. The molecule has 0 radical (unpaired) electrons. The fraction of sp³-hybridized carbons (Fsp3) is 0.111. The lowest BCUT2D eigenvalue weighted by Crippen LogP contribution is -2.19. The van der Waals surface area contributed by atoms with E-state index < -0.39 is 0 Å². The lowest BCUT2D eigenvalue weighted by atomic mass is 10.1. The Bertz CT molecular complexity index is 382. The molecule has 1 heterocycles. The predicted molar refractivity (Wildman–Crippen MR) is 43.0 cm³/mol. The fourth-order valence-corrected chi connectivity index (χ4v) is 1.28. The van der Waals surface area contributed by atoms with Crippen LogP contribution in [-0.2, 0) is 0 Å². The molecule has 0 saturated heterocycles. The fourth-order valence-electron chi connectivity index (χ4n) is 1.28. The molecule has 0 aliphatic carbocycles. The second-order valence-electron chi connectivity index (χ2n) is 2.83. The summed E-state index contributed by atoms with van der Waals surface area (Å²) in [5, 5.41) is 2.23. The highest BCUT2D eigenvalue weighted by molar-refractivity contribution is 6.21. The third-order valence-corrected chi connectivity index (χ3v) is 1.89. The quantitative estimate of drug-likeness (QED) is 0.574. The monoisotopic (exact) mass is 161 g/mol. The molecule has 0 bridgehead atoms. The van der Waals surface area contributed by atoms with Crippen LogP contribution >= 0.6 is 0 Å². The van der Waals surface area contributed by atoms with Gasteiger partial charge >= 0.3 is 0 Å². The summed E-state index contributed by atoms with van der Waals surface area (Å²) < 4.78 is 0. The lowest BCUT2D eigenvalue weighted by Gasteiger charge is -1.94. The molecule has 1 aliphatic rings. The van der Waals surface area contributed by atoms with Gasteiger partial charge in [0.05, 0.1) is 11.1 Å². The van der Waals surface area contributed by atoms with Gasteiger partial charge in [-0.05, 0) is 19.1 Å². The van der Waals surface area contributed by atoms with Crippen LogP contribution in [0.2, 0.25) is 0 Å². The minimum atomic E-state index is -0.296. The largest absolute Gasteiger partial charge is 0.288 e. The van der Waals surface area contributed by atoms with Gasteiger partial charge in [0.25, 0.3) is 11.8 Å². The zero-order valence-corrected chi connectivity index (χ0v) is 6.55. The van der Waals surface area contributed by atoms with Crippen molar-refractivity contribution in [2.45, 2.75) is 6.92 Å². The minimum Gasteiger partial charge on any atom is -0.288 e. The second kappa shape index (κ2) is 2.17. The molecule has 0 unspecified atom stereocenters. The number of nitrogens with one attached hydrogen (secondary N) is 1. The average molecular weight is 161 g/mol. The number of carbonyl (C=O) groups excluding carboxylic acids is 2. The van der Waals surface area contributed by atoms with E-state index in [9.17, 15) is 9.59 Å². The predicted octanol–water partition coefficient (Wildman–Crippen LogP) is 0.879. The van der Waals surface area contributed by atoms with Gasteiger partial charge in [0, 0.05) is 0 Å². The Kier molecular flexibility index (Phi) is 1.27. The van der Waals surface area contributed by atoms with E-state index in [4.69, 9.17) is 0 Å². The lowest BCUT2D eigenvalue weighted by molar-refractivity contribution is 0.0879. The number of imide groups is 1. The van der Waals surface area contributed by atoms with Crippen LogP contribution in [-0.4, -0.2) is 11.8 Å². The van der Waals surface area contributed by atoms with E-state index in [-0.39, 0.29) is 11.8 Å². The Hall–Kier alpha value is -1.64. The van der Waals surface area contributed by atoms with E-state index in [1.807, 2.05) is 13.0 Å². The number of aryl methyl sites for hydroxylation is 1. The van der Waals surface area contributed by atoms with Crippen molar-refractivity contribution in [3.63, 3.8) is 0 Å². The van der Waals surface area contributed by atoms with Crippen LogP contribution in [0.3, 0.4) is 0 Å². The van der Waals surface area contributed by atoms with Gasteiger partial charge in [-0.15, -0.1) is 0 Å². The summed E-state index contributed by atoms with van der Waals surface area (Å²) >= 11 is 0. The number of hydrogen-bond acceptors (Lipinski definition) is 2. The van der Waals surface area contributed by atoms with Crippen LogP contribution in [0.25, 0.3) is 0 Å². The zero-order chi connectivity index (χ0) is 8.72. The standard InChI is InChI=1S/C9H7NO2/c1-5-2-3-6-7(4-5)9(12)10-8(6)11/h2-4H,1H3,(H,10,11,12). The number of fused-ring (bicyclic) bond motifs is 1. The maximum atomic E-state index is 11.1. The average Bonchev–Trinajstić information content (AvgIpc) is 2.28. The maximum Gasteiger partial charge on any atom is 0.258 e. The molecule has 1 aromatic carbocycles. The molecule has 0 atom stereocenters. The summed E-state index contributed by atoms with van der Waals surface area (Å²) in [6, 6.07) is 5.21. The topological polar surface area (TPSA) is 46.2 Å². The van der Waals surface area contributed by atoms with Crippen molar-refractivity contribution < 1.29 is 9.59 Å². The third kappa shape index (κ3) is 0.830. The van der Waals surface area contributed by atoms with E-state index in [0.29, 0.717) is 11.1 Å². The van der Waals surface area contributed by atoms with Gasteiger partial charge in [-0.3, -0.25) is 14.9 Å². The number of amides is 2. The highest BCUT2D eigenvalue weighted by Gasteiger charge is 2.25. The first kappa shape index (κ1) is 7.03. The van der Waals surface area contributed by atoms with Gasteiger partial charge in [0.2, 0.25) is 0 Å². The summed E-state index contributed by atoms with van der Waals surface area (Å²) in [5.74, 6) is -0.589. The molecule has 3 heteroatoms. The number of benzene rings is 1. The molecule has 2 amide bonds. The highest BCUT2D eigenvalue weighted by Crippen LogP contribution is 2.16. The summed E-state index contributed by atoms with van der Waals surface area (Å²) in [7, 11) is 0. The smallest absolute Gasteiger partial charge is 0.258 e. The van der Waals surface area contributed by atoms with E-state index in [0.717, 1.165) is 5.56 Å². The van der Waals surface area contributed by atoms with Crippen molar-refractivity contribution in [3.05, 3.63) is 34.9 Å². The minimum absolute atomic E-state index is 0.293. The molecule has 60 valence electrons.